The number of hydrogen-bond acceptors (Lipinski definition) is 6. The Bertz CT molecular complexity index is 6280. The first-order chi connectivity index (χ1) is 52.5. The molecule has 19 aromatic rings. The van der Waals surface area contributed by atoms with Crippen LogP contribution in [0, 0.1) is 0 Å². The molecule has 2 atom stereocenters. The number of benzene rings is 15. The van der Waals surface area contributed by atoms with Gasteiger partial charge in [-0.05, 0) is 163 Å². The maximum absolute atomic E-state index is 5.25. The summed E-state index contributed by atoms with van der Waals surface area (Å²) in [4.78, 5) is 31.1. The molecule has 0 spiro atoms. The summed E-state index contributed by atoms with van der Waals surface area (Å²) < 4.78 is 4.71. The normalized spacial score (nSPS) is 13.5. The van der Waals surface area contributed by atoms with E-state index in [2.05, 4.69) is 337 Å². The van der Waals surface area contributed by atoms with Crippen LogP contribution in [0.1, 0.15) is 45.2 Å². The molecular weight excluding hydrogens is 1290 g/mol. The molecule has 494 valence electrons. The molecule has 0 saturated carbocycles. The number of nitrogens with zero attached hydrogens (tertiary/aromatic N) is 8. The summed E-state index contributed by atoms with van der Waals surface area (Å²) >= 11 is 0. The molecule has 3 aliphatic rings. The van der Waals surface area contributed by atoms with Gasteiger partial charge in [-0.25, -0.2) is 29.9 Å². The molecule has 0 fully saturated rings. The maximum Gasteiger partial charge on any atom is 0.164 e. The van der Waals surface area contributed by atoms with Crippen molar-refractivity contribution in [1.29, 1.82) is 0 Å². The van der Waals surface area contributed by atoms with Crippen LogP contribution in [-0.4, -0.2) is 39.0 Å². The highest BCUT2D eigenvalue weighted by molar-refractivity contribution is 6.12. The van der Waals surface area contributed by atoms with Crippen molar-refractivity contribution in [2.24, 2.45) is 0 Å². The van der Waals surface area contributed by atoms with E-state index < -0.39 is 0 Å². The summed E-state index contributed by atoms with van der Waals surface area (Å²) in [5.41, 5.74) is 29.6. The minimum Gasteiger partial charge on any atom is -0.309 e. The molecular formula is C98H62N8. The Hall–Kier alpha value is -14.1. The Labute approximate surface area is 612 Å². The van der Waals surface area contributed by atoms with E-state index in [4.69, 9.17) is 29.9 Å². The first kappa shape index (κ1) is 60.7. The van der Waals surface area contributed by atoms with Crippen LogP contribution in [0.2, 0.25) is 0 Å². The average Bonchev–Trinajstić information content (AvgIpc) is 0.849. The largest absolute Gasteiger partial charge is 0.309 e. The first-order valence-electron chi connectivity index (χ1n) is 36.1. The quantitative estimate of drug-likeness (QED) is 0.121. The van der Waals surface area contributed by atoms with Crippen molar-refractivity contribution in [2.45, 2.75) is 11.8 Å². The van der Waals surface area contributed by atoms with E-state index >= 15 is 0 Å². The van der Waals surface area contributed by atoms with Crippen LogP contribution in [0.25, 0.3) is 168 Å². The van der Waals surface area contributed by atoms with Crippen LogP contribution in [0.5, 0.6) is 0 Å². The summed E-state index contributed by atoms with van der Waals surface area (Å²) in [7, 11) is 0. The summed E-state index contributed by atoms with van der Waals surface area (Å²) in [6, 6.07) is 130. The Kier molecular flexibility index (Phi) is 14.2. The number of hydrogen-bond donors (Lipinski definition) is 0. The lowest BCUT2D eigenvalue weighted by Gasteiger charge is -2.42. The van der Waals surface area contributed by atoms with Crippen molar-refractivity contribution in [2.75, 3.05) is 0 Å². The Morgan fingerprint density at radius 1 is 0.160 bits per heavy atom. The summed E-state index contributed by atoms with van der Waals surface area (Å²) in [6.45, 7) is 0. The van der Waals surface area contributed by atoms with Crippen molar-refractivity contribution < 1.29 is 0 Å². The van der Waals surface area contributed by atoms with Gasteiger partial charge in [0, 0.05) is 78.1 Å². The molecule has 0 amide bonds. The van der Waals surface area contributed by atoms with Gasteiger partial charge in [-0.3, -0.25) is 0 Å². The second kappa shape index (κ2) is 24.9. The average molecular weight is 1350 g/mol. The lowest BCUT2D eigenvalue weighted by Crippen LogP contribution is -2.27. The summed E-state index contributed by atoms with van der Waals surface area (Å²) in [5, 5.41) is 4.83. The molecule has 15 aromatic carbocycles. The summed E-state index contributed by atoms with van der Waals surface area (Å²) in [5.74, 6) is 3.87. The smallest absolute Gasteiger partial charge is 0.164 e. The lowest BCUT2D eigenvalue weighted by molar-refractivity contribution is 0.755. The molecule has 8 heteroatoms. The molecule has 0 radical (unpaired) electrons. The number of aromatic nitrogens is 8. The van der Waals surface area contributed by atoms with E-state index in [-0.39, 0.29) is 11.8 Å². The minimum atomic E-state index is 0.0825. The number of para-hydroxylation sites is 4. The third-order valence-electron chi connectivity index (χ3n) is 21.6. The monoisotopic (exact) mass is 1350 g/mol. The molecule has 2 unspecified atom stereocenters. The Balaban J connectivity index is 0.574. The van der Waals surface area contributed by atoms with E-state index in [1.54, 1.807) is 0 Å². The van der Waals surface area contributed by atoms with E-state index in [9.17, 15) is 0 Å². The van der Waals surface area contributed by atoms with Gasteiger partial charge >= 0.3 is 0 Å². The van der Waals surface area contributed by atoms with E-state index in [1.165, 1.54) is 88.1 Å². The van der Waals surface area contributed by atoms with Crippen molar-refractivity contribution in [3.8, 4) is 124 Å². The molecule has 3 aliphatic carbocycles. The minimum absolute atomic E-state index is 0.0825. The van der Waals surface area contributed by atoms with Crippen molar-refractivity contribution in [1.82, 2.24) is 39.0 Å². The van der Waals surface area contributed by atoms with Gasteiger partial charge in [0.1, 0.15) is 0 Å². The molecule has 4 aromatic heterocycles. The van der Waals surface area contributed by atoms with Gasteiger partial charge in [-0.15, -0.1) is 0 Å². The molecule has 2 bridgehead atoms. The molecule has 106 heavy (non-hydrogen) atoms. The summed E-state index contributed by atoms with van der Waals surface area (Å²) in [6.07, 6.45) is 0. The van der Waals surface area contributed by atoms with E-state index in [0.717, 1.165) is 78.1 Å². The number of rotatable bonds is 12. The highest BCUT2D eigenvalue weighted by atomic mass is 15.0. The predicted octanol–water partition coefficient (Wildman–Crippen LogP) is 23.9. The van der Waals surface area contributed by atoms with Crippen LogP contribution in [-0.2, 0) is 0 Å². The van der Waals surface area contributed by atoms with E-state index in [0.29, 0.717) is 34.9 Å². The topological polar surface area (TPSA) is 87.2 Å². The fourth-order valence-electron chi connectivity index (χ4n) is 16.6. The highest BCUT2D eigenvalue weighted by Crippen LogP contribution is 2.57. The zero-order valence-corrected chi connectivity index (χ0v) is 57.4. The van der Waals surface area contributed by atoms with Gasteiger partial charge < -0.3 is 9.13 Å². The van der Waals surface area contributed by atoms with Crippen LogP contribution in [0.3, 0.4) is 0 Å². The molecule has 0 saturated heterocycles. The maximum atomic E-state index is 5.25. The van der Waals surface area contributed by atoms with Crippen LogP contribution >= 0.6 is 0 Å². The first-order valence-corrected chi connectivity index (χ1v) is 36.1. The zero-order valence-electron chi connectivity index (χ0n) is 57.4. The standard InChI is InChI=1S/C98H62N8/c1-5-21-63(22-6-1)93-99-95(103-97(101-93)73-27-19-25-67(55-73)71-49-53-89-83(57-71)77-33-15-17-37-87(77)105(89)75-29-9-3-10-30-75)65-43-39-61(40-44-65)69-47-51-81-85(59-69)91-79-35-13-14-36-80(79)92(81)86-60-70(48-52-82(86)91)62-41-45-66(46-42-62)96-100-94(64-23-7-2-8-24-64)102-98(104-96)74-28-20-26-68(56-74)72-50-54-90-84(58-72)78-34-16-18-38-88(78)106(90)76-31-11-4-12-32-76/h1-60,91-92H. The fraction of sp³-hybridized carbons (Fsp3) is 0.0204. The highest BCUT2D eigenvalue weighted by Gasteiger charge is 2.41. The van der Waals surface area contributed by atoms with Crippen molar-refractivity contribution in [3.05, 3.63) is 397 Å². The molecule has 8 nitrogen and oxygen atoms in total. The van der Waals surface area contributed by atoms with Crippen LogP contribution in [0.15, 0.2) is 364 Å². The molecule has 4 heterocycles. The predicted molar refractivity (Wildman–Crippen MR) is 431 cm³/mol. The third-order valence-corrected chi connectivity index (χ3v) is 21.6. The second-order valence-electron chi connectivity index (χ2n) is 27.7. The van der Waals surface area contributed by atoms with Crippen molar-refractivity contribution >= 4 is 43.6 Å². The molecule has 0 N–H and O–H groups in total. The van der Waals surface area contributed by atoms with Crippen LogP contribution in [0.4, 0.5) is 0 Å². The Morgan fingerprint density at radius 3 is 0.830 bits per heavy atom. The Morgan fingerprint density at radius 2 is 0.425 bits per heavy atom. The SMILES string of the molecule is c1ccc(-c2nc(-c3ccc(-c4ccc5c(c4)C4c6ccccc6C5c5cc(-c6ccc(-c7nc(-c8ccccc8)nc(-c8cccc(-c9ccc%10c(c9)c9ccccc9n%10-c9ccccc9)c8)n7)cc6)ccc54)cc3)nc(-c3cccc(-c4ccc5c(c4)c4ccccc4n5-c4ccccc4)c3)n2)cc1. The zero-order chi connectivity index (χ0) is 69.8. The van der Waals surface area contributed by atoms with Gasteiger partial charge in [-0.1, -0.05) is 279 Å². The van der Waals surface area contributed by atoms with Crippen LogP contribution < -0.4 is 0 Å². The van der Waals surface area contributed by atoms with Gasteiger partial charge in [0.2, 0.25) is 0 Å². The molecule has 22 rings (SSSR count). The van der Waals surface area contributed by atoms with Gasteiger partial charge in [0.15, 0.2) is 34.9 Å². The van der Waals surface area contributed by atoms with Crippen molar-refractivity contribution in [3.63, 3.8) is 0 Å². The van der Waals surface area contributed by atoms with Gasteiger partial charge in [0.05, 0.1) is 22.1 Å². The van der Waals surface area contributed by atoms with Gasteiger partial charge in [0.25, 0.3) is 0 Å². The molecule has 0 aliphatic heterocycles. The number of fused-ring (bicyclic) bond motifs is 6. The van der Waals surface area contributed by atoms with Gasteiger partial charge in [-0.2, -0.15) is 0 Å². The lowest BCUT2D eigenvalue weighted by atomic mass is 9.60. The fourth-order valence-corrected chi connectivity index (χ4v) is 16.6. The third kappa shape index (κ3) is 10.3. The second-order valence-corrected chi connectivity index (χ2v) is 27.7. The van der Waals surface area contributed by atoms with E-state index in [1.807, 2.05) is 36.4 Å².